The van der Waals surface area contributed by atoms with Crippen LogP contribution in [-0.2, 0) is 4.74 Å². The van der Waals surface area contributed by atoms with Gasteiger partial charge in [-0.05, 0) is 18.9 Å². The second-order valence-corrected chi connectivity index (χ2v) is 8.11. The van der Waals surface area contributed by atoms with Gasteiger partial charge in [-0.25, -0.2) is 9.97 Å². The molecule has 1 N–H and O–H groups in total. The van der Waals surface area contributed by atoms with Crippen molar-refractivity contribution in [1.29, 1.82) is 0 Å². The Balaban J connectivity index is 1.37. The second-order valence-electron chi connectivity index (χ2n) is 8.11. The van der Waals surface area contributed by atoms with Crippen LogP contribution in [0.1, 0.15) is 26.7 Å². The number of hydrogen-bond acceptors (Lipinski definition) is 5. The first-order valence-corrected chi connectivity index (χ1v) is 9.73. The van der Waals surface area contributed by atoms with Crippen molar-refractivity contribution in [2.75, 3.05) is 44.7 Å². The zero-order chi connectivity index (χ0) is 18.1. The van der Waals surface area contributed by atoms with Gasteiger partial charge < -0.3 is 19.9 Å². The average molecular weight is 358 g/mol. The van der Waals surface area contributed by atoms with Gasteiger partial charge in [0.25, 0.3) is 0 Å². The van der Waals surface area contributed by atoms with Crippen LogP contribution in [0.3, 0.4) is 0 Å². The number of ether oxygens (including phenoxy) is 1. The van der Waals surface area contributed by atoms with Crippen LogP contribution < -0.4 is 10.2 Å². The van der Waals surface area contributed by atoms with E-state index in [9.17, 15) is 0 Å². The predicted octanol–water partition coefficient (Wildman–Crippen LogP) is 1.38. The lowest BCUT2D eigenvalue weighted by Crippen LogP contribution is -2.71. The summed E-state index contributed by atoms with van der Waals surface area (Å²) in [5.74, 6) is 2.44. The number of nitrogens with one attached hydrogen (secondary N) is 1. The highest BCUT2D eigenvalue weighted by atomic mass is 16.5. The molecule has 1 aliphatic carbocycles. The minimum Gasteiger partial charge on any atom is -0.377 e. The van der Waals surface area contributed by atoms with Crippen LogP contribution >= 0.6 is 0 Å². The molecule has 3 aliphatic rings. The van der Waals surface area contributed by atoms with Crippen molar-refractivity contribution in [3.63, 3.8) is 0 Å². The van der Waals surface area contributed by atoms with Crippen LogP contribution in [0.2, 0.25) is 0 Å². The number of rotatable bonds is 2. The molecule has 3 unspecified atom stereocenters. The zero-order valence-electron chi connectivity index (χ0n) is 16.1. The summed E-state index contributed by atoms with van der Waals surface area (Å²) in [6.07, 6.45) is 6.41. The molecule has 0 aromatic carbocycles. The molecule has 3 fully saturated rings. The monoisotopic (exact) mass is 358 g/mol. The van der Waals surface area contributed by atoms with E-state index in [1.807, 2.05) is 13.1 Å². The Hall–Kier alpha value is -1.89. The summed E-state index contributed by atoms with van der Waals surface area (Å²) in [7, 11) is 1.88. The quantitative estimate of drug-likeness (QED) is 0.636. The fourth-order valence-corrected chi connectivity index (χ4v) is 4.82. The summed E-state index contributed by atoms with van der Waals surface area (Å²) in [6, 6.07) is 2.29. The van der Waals surface area contributed by atoms with Crippen molar-refractivity contribution in [2.24, 2.45) is 16.3 Å². The number of nitrogens with zero attached hydrogens (tertiary/aromatic N) is 5. The van der Waals surface area contributed by atoms with Gasteiger partial charge in [-0.3, -0.25) is 4.99 Å². The maximum absolute atomic E-state index is 6.03. The highest BCUT2D eigenvalue weighted by Crippen LogP contribution is 2.51. The van der Waals surface area contributed by atoms with Crippen LogP contribution in [-0.4, -0.2) is 72.8 Å². The van der Waals surface area contributed by atoms with Gasteiger partial charge in [0.05, 0.1) is 6.10 Å². The Bertz CT molecular complexity index is 641. The van der Waals surface area contributed by atoms with Gasteiger partial charge >= 0.3 is 0 Å². The maximum Gasteiger partial charge on any atom is 0.225 e. The Kier molecular flexibility index (Phi) is 4.73. The van der Waals surface area contributed by atoms with Crippen molar-refractivity contribution in [2.45, 2.75) is 38.8 Å². The fraction of sp³-hybridized carbons (Fsp3) is 0.737. The molecule has 1 saturated carbocycles. The van der Waals surface area contributed by atoms with E-state index in [2.05, 4.69) is 43.9 Å². The molecule has 26 heavy (non-hydrogen) atoms. The SMILES string of the molecule is CN=C(NC1C2CCCOC2C1(C)C)N1CCN(c2ncccn2)CC1. The van der Waals surface area contributed by atoms with Crippen molar-refractivity contribution in [3.05, 3.63) is 18.5 Å². The Morgan fingerprint density at radius 3 is 2.65 bits per heavy atom. The third-order valence-corrected chi connectivity index (χ3v) is 6.24. The molecule has 142 valence electrons. The molecule has 4 rings (SSSR count). The molecular weight excluding hydrogens is 328 g/mol. The molecule has 2 saturated heterocycles. The molecule has 0 amide bonds. The smallest absolute Gasteiger partial charge is 0.225 e. The largest absolute Gasteiger partial charge is 0.377 e. The van der Waals surface area contributed by atoms with Gasteiger partial charge in [0.15, 0.2) is 5.96 Å². The number of fused-ring (bicyclic) bond motifs is 1. The first-order valence-electron chi connectivity index (χ1n) is 9.73. The lowest BCUT2D eigenvalue weighted by Gasteiger charge is -2.60. The predicted molar refractivity (Wildman–Crippen MR) is 102 cm³/mol. The van der Waals surface area contributed by atoms with E-state index >= 15 is 0 Å². The van der Waals surface area contributed by atoms with Crippen molar-refractivity contribution in [3.8, 4) is 0 Å². The van der Waals surface area contributed by atoms with Crippen LogP contribution in [0.15, 0.2) is 23.5 Å². The molecule has 1 aromatic rings. The van der Waals surface area contributed by atoms with E-state index in [1.165, 1.54) is 12.8 Å². The summed E-state index contributed by atoms with van der Waals surface area (Å²) in [5, 5.41) is 3.76. The van der Waals surface area contributed by atoms with Gasteiger partial charge in [0.1, 0.15) is 0 Å². The van der Waals surface area contributed by atoms with Gasteiger partial charge in [0.2, 0.25) is 5.95 Å². The third-order valence-electron chi connectivity index (χ3n) is 6.24. The first-order chi connectivity index (χ1) is 12.6. The molecule has 2 aliphatic heterocycles. The van der Waals surface area contributed by atoms with Crippen molar-refractivity contribution < 1.29 is 4.74 Å². The number of piperazine rings is 1. The number of guanidine groups is 1. The number of hydrogen-bond donors (Lipinski definition) is 1. The minimum absolute atomic E-state index is 0.153. The second kappa shape index (κ2) is 7.02. The number of aliphatic imine (C=N–C) groups is 1. The Labute approximate surface area is 155 Å². The van der Waals surface area contributed by atoms with E-state index < -0.39 is 0 Å². The Morgan fingerprint density at radius 2 is 1.96 bits per heavy atom. The first kappa shape index (κ1) is 17.5. The van der Waals surface area contributed by atoms with Crippen molar-refractivity contribution >= 4 is 11.9 Å². The molecule has 1 aromatic heterocycles. The number of aromatic nitrogens is 2. The molecular formula is C19H30N6O. The normalized spacial score (nSPS) is 31.2. The topological polar surface area (TPSA) is 65.9 Å². The molecule has 7 heteroatoms. The highest BCUT2D eigenvalue weighted by molar-refractivity contribution is 5.80. The molecule has 3 heterocycles. The van der Waals surface area contributed by atoms with Crippen LogP contribution in [0, 0.1) is 11.3 Å². The maximum atomic E-state index is 6.03. The fourth-order valence-electron chi connectivity index (χ4n) is 4.82. The van der Waals surface area contributed by atoms with E-state index in [1.54, 1.807) is 12.4 Å². The Morgan fingerprint density at radius 1 is 1.23 bits per heavy atom. The van der Waals surface area contributed by atoms with Gasteiger partial charge in [-0.2, -0.15) is 0 Å². The molecule has 0 bridgehead atoms. The lowest BCUT2D eigenvalue weighted by molar-refractivity contribution is -0.188. The van der Waals surface area contributed by atoms with E-state index in [0.29, 0.717) is 18.1 Å². The summed E-state index contributed by atoms with van der Waals surface area (Å²) in [5.41, 5.74) is 0.153. The summed E-state index contributed by atoms with van der Waals surface area (Å²) >= 11 is 0. The molecule has 3 atom stereocenters. The summed E-state index contributed by atoms with van der Waals surface area (Å²) in [4.78, 5) is 17.9. The average Bonchev–Trinajstić information content (AvgIpc) is 2.69. The third kappa shape index (κ3) is 3.02. The van der Waals surface area contributed by atoms with E-state index in [4.69, 9.17) is 4.74 Å². The van der Waals surface area contributed by atoms with Crippen LogP contribution in [0.5, 0.6) is 0 Å². The van der Waals surface area contributed by atoms with Crippen molar-refractivity contribution in [1.82, 2.24) is 20.2 Å². The van der Waals surface area contributed by atoms with Crippen LogP contribution in [0.25, 0.3) is 0 Å². The highest BCUT2D eigenvalue weighted by Gasteiger charge is 2.58. The van der Waals surface area contributed by atoms with Gasteiger partial charge in [-0.15, -0.1) is 0 Å². The lowest BCUT2D eigenvalue weighted by atomic mass is 9.55. The summed E-state index contributed by atoms with van der Waals surface area (Å²) in [6.45, 7) is 9.22. The van der Waals surface area contributed by atoms with E-state index in [-0.39, 0.29) is 5.41 Å². The summed E-state index contributed by atoms with van der Waals surface area (Å²) < 4.78 is 6.03. The molecule has 0 spiro atoms. The minimum atomic E-state index is 0.153. The standard InChI is InChI=1S/C19H30N6O/c1-19(2)15(14-6-4-13-26-16(14)19)23-17(20-3)24-9-11-25(12-10-24)18-21-7-5-8-22-18/h5,7-8,14-16H,4,6,9-13H2,1-3H3,(H,20,23). The molecule has 0 radical (unpaired) electrons. The van der Waals surface area contributed by atoms with Gasteiger partial charge in [0, 0.05) is 69.6 Å². The van der Waals surface area contributed by atoms with Crippen LogP contribution in [0.4, 0.5) is 5.95 Å². The van der Waals surface area contributed by atoms with Gasteiger partial charge in [-0.1, -0.05) is 13.8 Å². The molecule has 7 nitrogen and oxygen atoms in total. The van der Waals surface area contributed by atoms with E-state index in [0.717, 1.165) is 44.7 Å². The number of anilines is 1. The zero-order valence-corrected chi connectivity index (χ0v) is 16.1.